The Bertz CT molecular complexity index is 386. The van der Waals surface area contributed by atoms with Crippen molar-refractivity contribution in [3.05, 3.63) is 11.3 Å². The van der Waals surface area contributed by atoms with Gasteiger partial charge in [-0.1, -0.05) is 0 Å². The van der Waals surface area contributed by atoms with Crippen LogP contribution < -0.4 is 5.73 Å². The van der Waals surface area contributed by atoms with Gasteiger partial charge >= 0.3 is 12.1 Å². The van der Waals surface area contributed by atoms with Gasteiger partial charge in [-0.25, -0.2) is 4.79 Å². The van der Waals surface area contributed by atoms with Crippen molar-refractivity contribution in [2.24, 2.45) is 16.6 Å². The Hall–Kier alpha value is -1.53. The lowest BCUT2D eigenvalue weighted by Gasteiger charge is -2.27. The highest BCUT2D eigenvalue weighted by atomic mass is 19.4. The van der Waals surface area contributed by atoms with E-state index in [4.69, 9.17) is 10.8 Å². The van der Waals surface area contributed by atoms with E-state index in [2.05, 4.69) is 4.99 Å². The number of nitrogens with two attached hydrogens (primary N) is 1. The van der Waals surface area contributed by atoms with E-state index in [0.29, 0.717) is 5.71 Å². The van der Waals surface area contributed by atoms with Gasteiger partial charge in [-0.3, -0.25) is 4.99 Å². The van der Waals surface area contributed by atoms with Crippen LogP contribution in [0.25, 0.3) is 0 Å². The van der Waals surface area contributed by atoms with Gasteiger partial charge in [-0.2, -0.15) is 13.2 Å². The van der Waals surface area contributed by atoms with Crippen LogP contribution in [-0.4, -0.2) is 30.0 Å². The summed E-state index contributed by atoms with van der Waals surface area (Å²) in [5.74, 6) is -2.95. The minimum Gasteiger partial charge on any atom is -0.477 e. The van der Waals surface area contributed by atoms with Crippen LogP contribution in [0.1, 0.15) is 19.3 Å². The van der Waals surface area contributed by atoms with E-state index < -0.39 is 30.2 Å². The van der Waals surface area contributed by atoms with Crippen molar-refractivity contribution < 1.29 is 23.1 Å². The van der Waals surface area contributed by atoms with Crippen LogP contribution in [-0.2, 0) is 4.79 Å². The normalized spacial score (nSPS) is 27.1. The molecule has 0 aliphatic heterocycles. The van der Waals surface area contributed by atoms with Gasteiger partial charge in [0.05, 0.1) is 5.92 Å². The fourth-order valence-electron chi connectivity index (χ4n) is 1.85. The maximum Gasteiger partial charge on any atom is 0.392 e. The Labute approximate surface area is 96.0 Å². The van der Waals surface area contributed by atoms with Crippen LogP contribution in [0.15, 0.2) is 16.3 Å². The number of allylic oxidation sites excluding steroid dienone is 1. The van der Waals surface area contributed by atoms with Gasteiger partial charge < -0.3 is 10.8 Å². The van der Waals surface area contributed by atoms with E-state index in [1.807, 2.05) is 0 Å². The van der Waals surface area contributed by atoms with E-state index in [9.17, 15) is 18.0 Å². The van der Waals surface area contributed by atoms with Crippen LogP contribution in [0.3, 0.4) is 0 Å². The molecule has 7 heteroatoms. The van der Waals surface area contributed by atoms with E-state index in [-0.39, 0.29) is 18.4 Å². The number of rotatable bonds is 1. The van der Waals surface area contributed by atoms with Crippen molar-refractivity contribution in [2.45, 2.75) is 25.4 Å². The topological polar surface area (TPSA) is 75.7 Å². The zero-order valence-corrected chi connectivity index (χ0v) is 9.21. The van der Waals surface area contributed by atoms with Gasteiger partial charge in [0.2, 0.25) is 0 Å². The quantitative estimate of drug-likeness (QED) is 0.696. The molecule has 0 radical (unpaired) electrons. The van der Waals surface area contributed by atoms with Gasteiger partial charge in [-0.05, 0) is 19.3 Å². The fourth-order valence-corrected chi connectivity index (χ4v) is 1.85. The molecule has 1 unspecified atom stereocenters. The zero-order valence-electron chi connectivity index (χ0n) is 9.21. The second-order valence-corrected chi connectivity index (χ2v) is 3.85. The molecule has 0 saturated heterocycles. The molecule has 1 fully saturated rings. The first-order valence-corrected chi connectivity index (χ1v) is 5.02. The zero-order chi connectivity index (χ0) is 13.2. The maximum atomic E-state index is 12.6. The number of hydrogen-bond acceptors (Lipinski definition) is 3. The van der Waals surface area contributed by atoms with Crippen LogP contribution in [0, 0.1) is 5.92 Å². The largest absolute Gasteiger partial charge is 0.477 e. The molecule has 0 aromatic heterocycles. The molecule has 0 amide bonds. The second-order valence-electron chi connectivity index (χ2n) is 3.85. The molecule has 1 atom stereocenters. The lowest BCUT2D eigenvalue weighted by atomic mass is 9.82. The third-order valence-corrected chi connectivity index (χ3v) is 2.82. The molecule has 0 aromatic rings. The standard InChI is InChI=1S/C10H13F3N2O2/c1-15-7-3-2-5(10(11,12)13)4-6(7)8(14)9(16)17/h5H,2-4,14H2,1H3,(H,16,17). The summed E-state index contributed by atoms with van der Waals surface area (Å²) in [5, 5.41) is 8.72. The number of carboxylic acids is 1. The molecule has 0 heterocycles. The average Bonchev–Trinajstić information content (AvgIpc) is 2.25. The van der Waals surface area contributed by atoms with Crippen molar-refractivity contribution in [3.63, 3.8) is 0 Å². The van der Waals surface area contributed by atoms with Gasteiger partial charge in [0.25, 0.3) is 0 Å². The number of halogens is 3. The first-order chi connectivity index (χ1) is 7.77. The molecule has 1 rings (SSSR count). The maximum absolute atomic E-state index is 12.6. The lowest BCUT2D eigenvalue weighted by Crippen LogP contribution is -2.31. The Morgan fingerprint density at radius 1 is 1.53 bits per heavy atom. The predicted octanol–water partition coefficient (Wildman–Crippen LogP) is 1.72. The van der Waals surface area contributed by atoms with Crippen molar-refractivity contribution in [1.29, 1.82) is 0 Å². The van der Waals surface area contributed by atoms with Crippen molar-refractivity contribution in [3.8, 4) is 0 Å². The Kier molecular flexibility index (Phi) is 3.79. The van der Waals surface area contributed by atoms with E-state index in [1.165, 1.54) is 7.05 Å². The lowest BCUT2D eigenvalue weighted by molar-refractivity contribution is -0.176. The SMILES string of the molecule is CN=C1CCC(C(F)(F)F)CC1=C(N)C(=O)O. The van der Waals surface area contributed by atoms with Gasteiger partial charge in [0, 0.05) is 18.3 Å². The number of alkyl halides is 3. The summed E-state index contributed by atoms with van der Waals surface area (Å²) in [6, 6.07) is 0. The molecule has 17 heavy (non-hydrogen) atoms. The number of aliphatic carboxylic acids is 1. The molecule has 1 aliphatic rings. The Balaban J connectivity index is 3.07. The highest BCUT2D eigenvalue weighted by Gasteiger charge is 2.43. The van der Waals surface area contributed by atoms with E-state index >= 15 is 0 Å². The summed E-state index contributed by atoms with van der Waals surface area (Å²) >= 11 is 0. The number of aliphatic imine (C=N–C) groups is 1. The minimum atomic E-state index is -4.33. The van der Waals surface area contributed by atoms with Crippen molar-refractivity contribution in [1.82, 2.24) is 0 Å². The number of nitrogens with zero attached hydrogens (tertiary/aromatic N) is 1. The smallest absolute Gasteiger partial charge is 0.392 e. The second kappa shape index (κ2) is 4.77. The molecule has 1 saturated carbocycles. The first-order valence-electron chi connectivity index (χ1n) is 5.02. The third kappa shape index (κ3) is 2.98. The van der Waals surface area contributed by atoms with Crippen LogP contribution >= 0.6 is 0 Å². The summed E-state index contributed by atoms with van der Waals surface area (Å²) in [6.45, 7) is 0. The Morgan fingerprint density at radius 2 is 2.12 bits per heavy atom. The summed E-state index contributed by atoms with van der Waals surface area (Å²) in [6.07, 6.45) is -4.71. The number of carbonyl (C=O) groups is 1. The van der Waals surface area contributed by atoms with Crippen LogP contribution in [0.5, 0.6) is 0 Å². The molecular formula is C10H13F3N2O2. The fraction of sp³-hybridized carbons (Fsp3) is 0.600. The number of carboxylic acid groups (broad SMARTS) is 1. The molecule has 0 spiro atoms. The summed E-state index contributed by atoms with van der Waals surface area (Å²) in [4.78, 5) is 14.5. The molecular weight excluding hydrogens is 237 g/mol. The summed E-state index contributed by atoms with van der Waals surface area (Å²) in [7, 11) is 1.42. The van der Waals surface area contributed by atoms with Crippen LogP contribution in [0.4, 0.5) is 13.2 Å². The Morgan fingerprint density at radius 3 is 2.53 bits per heavy atom. The highest BCUT2D eigenvalue weighted by molar-refractivity contribution is 6.06. The minimum absolute atomic E-state index is 0.00794. The van der Waals surface area contributed by atoms with Crippen LogP contribution in [0.2, 0.25) is 0 Å². The third-order valence-electron chi connectivity index (χ3n) is 2.82. The number of hydrogen-bond donors (Lipinski definition) is 2. The van der Waals surface area contributed by atoms with Crippen molar-refractivity contribution in [2.75, 3.05) is 7.05 Å². The predicted molar refractivity (Wildman–Crippen MR) is 55.6 cm³/mol. The highest BCUT2D eigenvalue weighted by Crippen LogP contribution is 2.39. The monoisotopic (exact) mass is 250 g/mol. The summed E-state index contributed by atoms with van der Waals surface area (Å²) < 4.78 is 37.7. The molecule has 1 aliphatic carbocycles. The van der Waals surface area contributed by atoms with Crippen molar-refractivity contribution >= 4 is 11.7 Å². The van der Waals surface area contributed by atoms with Gasteiger partial charge in [0.1, 0.15) is 5.70 Å². The molecule has 0 bridgehead atoms. The average molecular weight is 250 g/mol. The van der Waals surface area contributed by atoms with E-state index in [1.54, 1.807) is 0 Å². The molecule has 3 N–H and O–H groups in total. The first kappa shape index (κ1) is 13.5. The van der Waals surface area contributed by atoms with Gasteiger partial charge in [-0.15, -0.1) is 0 Å². The molecule has 0 aromatic carbocycles. The summed E-state index contributed by atoms with van der Waals surface area (Å²) in [5.41, 5.74) is 5.11. The molecule has 4 nitrogen and oxygen atoms in total. The van der Waals surface area contributed by atoms with E-state index in [0.717, 1.165) is 0 Å². The molecule has 96 valence electrons. The van der Waals surface area contributed by atoms with Gasteiger partial charge in [0.15, 0.2) is 0 Å².